The van der Waals surface area contributed by atoms with Gasteiger partial charge in [0.1, 0.15) is 13.2 Å². The molecule has 0 radical (unpaired) electrons. The number of terminal acetylenes is 1. The number of amides is 1. The average molecular weight is 732 g/mol. The summed E-state index contributed by atoms with van der Waals surface area (Å²) >= 11 is 0. The van der Waals surface area contributed by atoms with E-state index in [0.29, 0.717) is 145 Å². The molecule has 0 bridgehead atoms. The fourth-order valence-corrected chi connectivity index (χ4v) is 5.11. The molecule has 2 aromatic rings. The zero-order valence-corrected chi connectivity index (χ0v) is 30.7. The molecule has 0 N–H and O–H groups in total. The van der Waals surface area contributed by atoms with Crippen molar-refractivity contribution in [2.45, 2.75) is 5.92 Å². The summed E-state index contributed by atoms with van der Waals surface area (Å²) in [5, 5.41) is 0. The van der Waals surface area contributed by atoms with E-state index >= 15 is 0 Å². The Morgan fingerprint density at radius 1 is 0.538 bits per heavy atom. The Balaban J connectivity index is 0.989. The van der Waals surface area contributed by atoms with Crippen LogP contribution in [0.25, 0.3) is 11.1 Å². The van der Waals surface area contributed by atoms with Gasteiger partial charge >= 0.3 is 6.09 Å². The minimum Gasteiger partial charge on any atom is -0.448 e. The lowest BCUT2D eigenvalue weighted by Crippen LogP contribution is -2.32. The van der Waals surface area contributed by atoms with Gasteiger partial charge in [0.05, 0.1) is 126 Å². The molecule has 0 atom stereocenters. The summed E-state index contributed by atoms with van der Waals surface area (Å²) in [5.41, 5.74) is 4.79. The van der Waals surface area contributed by atoms with E-state index in [4.69, 9.17) is 58.5 Å². The predicted molar refractivity (Wildman–Crippen MR) is 195 cm³/mol. The molecule has 0 aromatic heterocycles. The van der Waals surface area contributed by atoms with Crippen molar-refractivity contribution in [2.75, 3.05) is 152 Å². The van der Waals surface area contributed by atoms with Gasteiger partial charge in [-0.3, -0.25) is 0 Å². The van der Waals surface area contributed by atoms with E-state index in [1.807, 2.05) is 24.3 Å². The maximum atomic E-state index is 12.6. The topological polar surface area (TPSA) is 122 Å². The summed E-state index contributed by atoms with van der Waals surface area (Å²) in [6.45, 7) is 10.2. The number of benzene rings is 2. The lowest BCUT2D eigenvalue weighted by molar-refractivity contribution is -0.0262. The first-order valence-corrected chi connectivity index (χ1v) is 18.0. The number of nitrogens with zero attached hydrogens (tertiary/aromatic N) is 1. The van der Waals surface area contributed by atoms with E-state index in [9.17, 15) is 4.79 Å². The largest absolute Gasteiger partial charge is 0.448 e. The summed E-state index contributed by atoms with van der Waals surface area (Å²) in [6.07, 6.45) is 4.72. The molecular formula is C39H57NO12. The Morgan fingerprint density at radius 3 is 1.23 bits per heavy atom. The Hall–Kier alpha value is -3.13. The van der Waals surface area contributed by atoms with E-state index < -0.39 is 0 Å². The molecule has 0 saturated heterocycles. The number of carbonyl (C=O) groups is 1. The number of ether oxygens (including phenoxy) is 11. The first-order valence-electron chi connectivity index (χ1n) is 18.0. The standard InChI is InChI=1S/C39H57NO12/c1-3-13-42-15-17-44-19-21-46-23-25-48-27-29-50-31-32-51-30-28-49-26-24-47-22-20-45-18-16-43-14-12-40(2)39(41)52-33-38-36-10-6-4-8-34(36)35-9-5-7-11-37(35)38/h1,4-11,38H,12-33H2,2H3. The van der Waals surface area contributed by atoms with Gasteiger partial charge in [-0.2, -0.15) is 0 Å². The molecule has 1 amide bonds. The van der Waals surface area contributed by atoms with E-state index in [1.165, 1.54) is 27.2 Å². The van der Waals surface area contributed by atoms with Crippen molar-refractivity contribution in [1.82, 2.24) is 4.90 Å². The monoisotopic (exact) mass is 731 g/mol. The predicted octanol–water partition coefficient (Wildman–Crippen LogP) is 3.67. The molecule has 0 spiro atoms. The molecule has 0 fully saturated rings. The number of fused-ring (bicyclic) bond motifs is 3. The molecule has 290 valence electrons. The van der Waals surface area contributed by atoms with E-state index in [0.717, 1.165) is 0 Å². The molecule has 1 aliphatic carbocycles. The fourth-order valence-electron chi connectivity index (χ4n) is 5.11. The van der Waals surface area contributed by atoms with Gasteiger partial charge in [0, 0.05) is 19.5 Å². The molecule has 0 unspecified atom stereocenters. The smallest absolute Gasteiger partial charge is 0.409 e. The van der Waals surface area contributed by atoms with Crippen LogP contribution in [0.5, 0.6) is 0 Å². The van der Waals surface area contributed by atoms with E-state index in [-0.39, 0.29) is 12.0 Å². The van der Waals surface area contributed by atoms with E-state index in [2.05, 4.69) is 30.2 Å². The summed E-state index contributed by atoms with van der Waals surface area (Å²) in [5.74, 6) is 2.44. The van der Waals surface area contributed by atoms with Crippen LogP contribution >= 0.6 is 0 Å². The summed E-state index contributed by atoms with van der Waals surface area (Å²) in [4.78, 5) is 14.1. The fraction of sp³-hybridized carbons (Fsp3) is 0.615. The highest BCUT2D eigenvalue weighted by Gasteiger charge is 2.29. The van der Waals surface area contributed by atoms with Crippen molar-refractivity contribution in [3.8, 4) is 23.5 Å². The molecule has 0 heterocycles. The normalized spacial score (nSPS) is 12.1. The van der Waals surface area contributed by atoms with Gasteiger partial charge in [-0.25, -0.2) is 4.79 Å². The first kappa shape index (κ1) is 43.3. The van der Waals surface area contributed by atoms with Crippen molar-refractivity contribution < 1.29 is 56.9 Å². The zero-order valence-electron chi connectivity index (χ0n) is 30.7. The third-order valence-corrected chi connectivity index (χ3v) is 7.75. The van der Waals surface area contributed by atoms with Crippen molar-refractivity contribution in [1.29, 1.82) is 0 Å². The van der Waals surface area contributed by atoms with Crippen LogP contribution in [-0.4, -0.2) is 163 Å². The summed E-state index contributed by atoms with van der Waals surface area (Å²) in [7, 11) is 1.71. The van der Waals surface area contributed by atoms with Gasteiger partial charge in [0.25, 0.3) is 0 Å². The molecular weight excluding hydrogens is 674 g/mol. The maximum absolute atomic E-state index is 12.6. The number of rotatable bonds is 33. The van der Waals surface area contributed by atoms with Crippen LogP contribution < -0.4 is 0 Å². The Bertz CT molecular complexity index is 1200. The molecule has 3 rings (SSSR count). The highest BCUT2D eigenvalue weighted by molar-refractivity contribution is 5.79. The van der Waals surface area contributed by atoms with Gasteiger partial charge in [-0.1, -0.05) is 54.5 Å². The minimum atomic E-state index is -0.365. The molecule has 13 heteroatoms. The molecule has 0 saturated carbocycles. The van der Waals surface area contributed by atoms with Crippen molar-refractivity contribution in [3.63, 3.8) is 0 Å². The average Bonchev–Trinajstić information content (AvgIpc) is 3.49. The second-order valence-corrected chi connectivity index (χ2v) is 11.5. The second-order valence-electron chi connectivity index (χ2n) is 11.5. The Labute approximate surface area is 309 Å². The van der Waals surface area contributed by atoms with Crippen LogP contribution in [0.2, 0.25) is 0 Å². The maximum Gasteiger partial charge on any atom is 0.409 e. The number of hydrogen-bond donors (Lipinski definition) is 0. The number of hydrogen-bond acceptors (Lipinski definition) is 12. The van der Waals surface area contributed by atoms with Gasteiger partial charge in [-0.05, 0) is 22.3 Å². The lowest BCUT2D eigenvalue weighted by Gasteiger charge is -2.19. The SMILES string of the molecule is C#CCOCCOCCOCCOCCOCCOCCOCCOCCOCCOCCN(C)C(=O)OCC1c2ccccc2-c2ccccc21. The third kappa shape index (κ3) is 18.6. The van der Waals surface area contributed by atoms with Crippen LogP contribution in [0.15, 0.2) is 48.5 Å². The molecule has 2 aromatic carbocycles. The van der Waals surface area contributed by atoms with Crippen molar-refractivity contribution in [2.24, 2.45) is 0 Å². The molecule has 52 heavy (non-hydrogen) atoms. The van der Waals surface area contributed by atoms with E-state index in [1.54, 1.807) is 7.05 Å². The van der Waals surface area contributed by atoms with Crippen molar-refractivity contribution in [3.05, 3.63) is 59.7 Å². The zero-order chi connectivity index (χ0) is 36.7. The Kier molecular flexibility index (Phi) is 24.4. The highest BCUT2D eigenvalue weighted by Crippen LogP contribution is 2.44. The highest BCUT2D eigenvalue weighted by atomic mass is 16.6. The van der Waals surface area contributed by atoms with Crippen LogP contribution in [0.4, 0.5) is 4.79 Å². The van der Waals surface area contributed by atoms with Crippen LogP contribution in [0.3, 0.4) is 0 Å². The van der Waals surface area contributed by atoms with Gasteiger partial charge in [-0.15, -0.1) is 6.42 Å². The van der Waals surface area contributed by atoms with Gasteiger partial charge in [0.15, 0.2) is 0 Å². The lowest BCUT2D eigenvalue weighted by atomic mass is 9.98. The number of carbonyl (C=O) groups excluding carboxylic acids is 1. The van der Waals surface area contributed by atoms with Crippen LogP contribution in [-0.2, 0) is 52.1 Å². The quantitative estimate of drug-likeness (QED) is 0.0787. The van der Waals surface area contributed by atoms with Crippen molar-refractivity contribution >= 4 is 6.09 Å². The third-order valence-electron chi connectivity index (χ3n) is 7.75. The van der Waals surface area contributed by atoms with Gasteiger partial charge in [0.2, 0.25) is 0 Å². The Morgan fingerprint density at radius 2 is 0.865 bits per heavy atom. The van der Waals surface area contributed by atoms with Crippen LogP contribution in [0, 0.1) is 12.3 Å². The second kappa shape index (κ2) is 29.3. The molecule has 1 aliphatic rings. The minimum absolute atomic E-state index is 0.0384. The molecule has 13 nitrogen and oxygen atoms in total. The summed E-state index contributed by atoms with van der Waals surface area (Å²) < 4.78 is 60.1. The number of likely N-dealkylation sites (N-methyl/N-ethyl adjacent to an activating group) is 1. The molecule has 0 aliphatic heterocycles. The van der Waals surface area contributed by atoms with Gasteiger partial charge < -0.3 is 57.0 Å². The summed E-state index contributed by atoms with van der Waals surface area (Å²) in [6, 6.07) is 16.6. The van der Waals surface area contributed by atoms with Crippen LogP contribution in [0.1, 0.15) is 17.0 Å². The first-order chi connectivity index (χ1) is 25.7.